The molecule has 306 valence electrons. The van der Waals surface area contributed by atoms with Crippen molar-refractivity contribution in [2.75, 3.05) is 20.8 Å². The quantitative estimate of drug-likeness (QED) is 0.0880. The molecule has 54 heavy (non-hydrogen) atoms. The molecule has 1 unspecified atom stereocenters. The van der Waals surface area contributed by atoms with Crippen LogP contribution in [0, 0.1) is 29.6 Å². The first-order valence-corrected chi connectivity index (χ1v) is 19.9. The molecule has 3 N–H and O–H groups in total. The number of ketones is 2. The van der Waals surface area contributed by atoms with Crippen LogP contribution in [0.1, 0.15) is 105 Å². The normalized spacial score (nSPS) is 30.6. The van der Waals surface area contributed by atoms with Crippen LogP contribution in [0.4, 0.5) is 0 Å². The van der Waals surface area contributed by atoms with Crippen LogP contribution in [0.15, 0.2) is 37.5 Å². The molecular weight excluding hydrogens is 694 g/mol. The first kappa shape index (κ1) is 45.6. The molecule has 2 aliphatic heterocycles. The van der Waals surface area contributed by atoms with Crippen molar-refractivity contribution in [1.29, 1.82) is 0 Å². The summed E-state index contributed by atoms with van der Waals surface area (Å²) in [6.45, 7) is 14.8. The van der Waals surface area contributed by atoms with Crippen molar-refractivity contribution in [1.82, 2.24) is 4.90 Å². The third kappa shape index (κ3) is 11.4. The Morgan fingerprint density at radius 2 is 1.70 bits per heavy atom. The molecule has 2 heterocycles. The van der Waals surface area contributed by atoms with Crippen molar-refractivity contribution in [2.24, 2.45) is 29.6 Å². The number of aliphatic hydroxyl groups is 3. The van der Waals surface area contributed by atoms with Gasteiger partial charge < -0.3 is 39.2 Å². The number of nitrogens with zero attached hydrogens (tertiary/aromatic N) is 1. The molecule has 12 heteroatoms. The van der Waals surface area contributed by atoms with Crippen LogP contribution in [0.5, 0.6) is 0 Å². The molecule has 0 aromatic rings. The van der Waals surface area contributed by atoms with Crippen molar-refractivity contribution in [2.45, 2.75) is 153 Å². The maximum atomic E-state index is 14.2. The summed E-state index contributed by atoms with van der Waals surface area (Å²) in [5.74, 6) is -7.25. The van der Waals surface area contributed by atoms with Crippen LogP contribution in [0.25, 0.3) is 0 Å². The number of carbonyl (C=O) groups excluding carboxylic acids is 4. The van der Waals surface area contributed by atoms with Gasteiger partial charge in [0.25, 0.3) is 11.7 Å². The van der Waals surface area contributed by atoms with Gasteiger partial charge in [0.1, 0.15) is 24.0 Å². The molecule has 1 amide bonds. The van der Waals surface area contributed by atoms with Gasteiger partial charge in [-0.3, -0.25) is 14.4 Å². The molecule has 12 atom stereocenters. The molecule has 1 aliphatic carbocycles. The van der Waals surface area contributed by atoms with Crippen LogP contribution in [0.3, 0.4) is 0 Å². The van der Waals surface area contributed by atoms with E-state index in [0.717, 1.165) is 6.42 Å². The molecule has 3 rings (SSSR count). The fourth-order valence-corrected chi connectivity index (χ4v) is 8.59. The highest BCUT2D eigenvalue weighted by molar-refractivity contribution is 6.39. The Kier molecular flexibility index (Phi) is 18.2. The lowest BCUT2D eigenvalue weighted by molar-refractivity contribution is -0.273. The predicted molar refractivity (Wildman–Crippen MR) is 204 cm³/mol. The van der Waals surface area contributed by atoms with Crippen molar-refractivity contribution >= 4 is 23.4 Å². The Morgan fingerprint density at radius 1 is 1.02 bits per heavy atom. The van der Waals surface area contributed by atoms with Crippen molar-refractivity contribution in [3.05, 3.63) is 37.5 Å². The number of rotatable bonds is 20. The minimum atomic E-state index is -2.41. The van der Waals surface area contributed by atoms with Gasteiger partial charge in [0.2, 0.25) is 5.79 Å². The SMILES string of the molecule is C=CCC(CC=C)C(=O)C[C@H](O)[C@@H](C)[C@H](OC(=O)[C@@H]1CCCCN1C(=O)C(=O)[C@]1(O)OC([C@H](C=CC)OC)CC[C@H]1C)[C@H](C)C[C@@H]1CC[C@@H](O)[C@H](OC)C1. The molecule has 0 radical (unpaired) electrons. The summed E-state index contributed by atoms with van der Waals surface area (Å²) in [4.78, 5) is 56.6. The highest BCUT2D eigenvalue weighted by Gasteiger charge is 2.54. The fraction of sp³-hybridized carbons (Fsp3) is 0.762. The highest BCUT2D eigenvalue weighted by Crippen LogP contribution is 2.38. The van der Waals surface area contributed by atoms with Gasteiger partial charge in [-0.1, -0.05) is 45.1 Å². The van der Waals surface area contributed by atoms with E-state index in [0.29, 0.717) is 57.8 Å². The number of amides is 1. The van der Waals surface area contributed by atoms with Crippen LogP contribution in [-0.2, 0) is 38.1 Å². The largest absolute Gasteiger partial charge is 0.460 e. The maximum absolute atomic E-state index is 14.2. The standard InChI is InChI=1S/C42H67NO11/c1-9-14-30(15-10-2)34(46)25-33(45)28(6)38(26(4)23-29-19-20-32(44)37(24-29)52-8)53-41(49)31-17-12-13-22-43(31)40(48)39(47)42(50)27(5)18-21-36(54-42)35(51-7)16-11-3/h9-11,16,26-33,35-38,44-45,50H,1-2,12-15,17-25H2,3-8H3/t26-,27-,28-,29+,31+,32-,33+,35+,36?,37-,38-,42-/m1/s1. The van der Waals surface area contributed by atoms with Gasteiger partial charge in [-0.05, 0) is 89.4 Å². The number of ether oxygens (including phenoxy) is 4. The number of piperidine rings is 1. The second-order valence-corrected chi connectivity index (χ2v) is 15.9. The monoisotopic (exact) mass is 761 g/mol. The summed E-state index contributed by atoms with van der Waals surface area (Å²) in [6.07, 6.45) is 8.50. The van der Waals surface area contributed by atoms with E-state index in [1.54, 1.807) is 45.3 Å². The van der Waals surface area contributed by atoms with Gasteiger partial charge >= 0.3 is 5.97 Å². The zero-order valence-corrected chi connectivity index (χ0v) is 33.4. The first-order chi connectivity index (χ1) is 25.7. The summed E-state index contributed by atoms with van der Waals surface area (Å²) in [5, 5.41) is 33.5. The average molecular weight is 762 g/mol. The molecule has 0 aromatic heterocycles. The molecule has 12 nitrogen and oxygen atoms in total. The van der Waals surface area contributed by atoms with Crippen LogP contribution >= 0.6 is 0 Å². The van der Waals surface area contributed by atoms with Crippen molar-refractivity contribution in [3.63, 3.8) is 0 Å². The second kappa shape index (κ2) is 21.5. The Balaban J connectivity index is 1.86. The Bertz CT molecular complexity index is 1290. The smallest absolute Gasteiger partial charge is 0.329 e. The van der Waals surface area contributed by atoms with Gasteiger partial charge in [0, 0.05) is 44.9 Å². The first-order valence-electron chi connectivity index (χ1n) is 19.9. The number of esters is 1. The highest BCUT2D eigenvalue weighted by atomic mass is 16.6. The molecule has 3 fully saturated rings. The molecule has 2 saturated heterocycles. The van der Waals surface area contributed by atoms with E-state index in [4.69, 9.17) is 18.9 Å². The van der Waals surface area contributed by atoms with Gasteiger partial charge in [-0.15, -0.1) is 13.2 Å². The Morgan fingerprint density at radius 3 is 2.31 bits per heavy atom. The Hall–Kier alpha value is -2.74. The minimum absolute atomic E-state index is 0.112. The average Bonchev–Trinajstić information content (AvgIpc) is 3.16. The summed E-state index contributed by atoms with van der Waals surface area (Å²) in [7, 11) is 3.08. The van der Waals surface area contributed by atoms with E-state index in [1.165, 1.54) is 12.0 Å². The number of Topliss-reactive ketones (excluding diaryl/α,β-unsaturated/α-hetero) is 2. The van der Waals surface area contributed by atoms with Gasteiger partial charge in [-0.25, -0.2) is 4.79 Å². The zero-order valence-electron chi connectivity index (χ0n) is 33.4. The number of allylic oxidation sites excluding steroid dienone is 3. The van der Waals surface area contributed by atoms with Gasteiger partial charge in [-0.2, -0.15) is 0 Å². The summed E-state index contributed by atoms with van der Waals surface area (Å²) in [6, 6.07) is -1.10. The number of hydrogen-bond donors (Lipinski definition) is 3. The van der Waals surface area contributed by atoms with E-state index < -0.39 is 71.8 Å². The molecule has 0 spiro atoms. The lowest BCUT2D eigenvalue weighted by Gasteiger charge is -2.43. The minimum Gasteiger partial charge on any atom is -0.460 e. The Labute approximate surface area is 322 Å². The van der Waals surface area contributed by atoms with Crippen molar-refractivity contribution in [3.8, 4) is 0 Å². The second-order valence-electron chi connectivity index (χ2n) is 15.9. The third-order valence-electron chi connectivity index (χ3n) is 12.0. The third-order valence-corrected chi connectivity index (χ3v) is 12.0. The lowest BCUT2D eigenvalue weighted by Crippen LogP contribution is -2.61. The van der Waals surface area contributed by atoms with Gasteiger partial charge in [0.05, 0.1) is 24.4 Å². The van der Waals surface area contributed by atoms with E-state index in [2.05, 4.69) is 13.2 Å². The van der Waals surface area contributed by atoms with Gasteiger partial charge in [0.15, 0.2) is 0 Å². The van der Waals surface area contributed by atoms with Crippen molar-refractivity contribution < 1.29 is 53.4 Å². The summed E-state index contributed by atoms with van der Waals surface area (Å²) in [5.41, 5.74) is 0. The van der Waals surface area contributed by atoms with Crippen LogP contribution in [0.2, 0.25) is 0 Å². The summed E-state index contributed by atoms with van der Waals surface area (Å²) >= 11 is 0. The number of likely N-dealkylation sites (tertiary alicyclic amines) is 1. The zero-order chi connectivity index (χ0) is 40.2. The van der Waals surface area contributed by atoms with E-state index in [9.17, 15) is 34.5 Å². The van der Waals surface area contributed by atoms with E-state index >= 15 is 0 Å². The molecule has 0 bridgehead atoms. The number of aliphatic hydroxyl groups excluding tert-OH is 2. The maximum Gasteiger partial charge on any atom is 0.329 e. The lowest BCUT2D eigenvalue weighted by atomic mass is 9.76. The van der Waals surface area contributed by atoms with E-state index in [-0.39, 0.29) is 49.0 Å². The topological polar surface area (TPSA) is 169 Å². The number of hydrogen-bond acceptors (Lipinski definition) is 11. The molecular formula is C42H67NO11. The van der Waals surface area contributed by atoms with E-state index in [1.807, 2.05) is 13.8 Å². The number of methoxy groups -OCH3 is 2. The predicted octanol–water partition coefficient (Wildman–Crippen LogP) is 4.87. The van der Waals surface area contributed by atoms with Crippen LogP contribution < -0.4 is 0 Å². The fourth-order valence-electron chi connectivity index (χ4n) is 8.59. The molecule has 3 aliphatic rings. The summed E-state index contributed by atoms with van der Waals surface area (Å²) < 4.78 is 23.3. The van der Waals surface area contributed by atoms with Crippen LogP contribution in [-0.4, -0.2) is 113 Å². The number of carbonyl (C=O) groups is 4. The molecule has 1 saturated carbocycles. The molecule has 0 aromatic carbocycles.